The molecule has 0 saturated carbocycles. The second-order valence-electron chi connectivity index (χ2n) is 4.20. The third-order valence-electron chi connectivity index (χ3n) is 2.56. The zero-order valence-electron chi connectivity index (χ0n) is 11.1. The summed E-state index contributed by atoms with van der Waals surface area (Å²) in [5, 5.41) is 3.43. The van der Waals surface area contributed by atoms with Gasteiger partial charge in [0.05, 0.1) is 0 Å². The molecule has 2 rings (SSSR count). The molecular weight excluding hydrogens is 258 g/mol. The van der Waals surface area contributed by atoms with Gasteiger partial charge >= 0.3 is 0 Å². The van der Waals surface area contributed by atoms with Crippen molar-refractivity contribution in [3.05, 3.63) is 47.3 Å². The van der Waals surface area contributed by atoms with Gasteiger partial charge in [-0.3, -0.25) is 4.79 Å². The minimum absolute atomic E-state index is 0.218. The lowest BCUT2D eigenvalue weighted by Gasteiger charge is -2.06. The fourth-order valence-corrected chi connectivity index (χ4v) is 2.01. The zero-order chi connectivity index (χ0) is 13.8. The zero-order valence-corrected chi connectivity index (χ0v) is 11.9. The van der Waals surface area contributed by atoms with Gasteiger partial charge in [-0.1, -0.05) is 29.5 Å². The second kappa shape index (κ2) is 5.84. The predicted octanol–water partition coefficient (Wildman–Crippen LogP) is 3.07. The molecule has 19 heavy (non-hydrogen) atoms. The number of thioether (sulfide) groups is 1. The van der Waals surface area contributed by atoms with Crippen LogP contribution in [0.25, 0.3) is 0 Å². The molecule has 2 aromatic rings. The Hall–Kier alpha value is -1.88. The molecule has 0 saturated heterocycles. The molecule has 98 valence electrons. The number of hydrogen-bond acceptors (Lipinski definition) is 4. The Morgan fingerprint density at radius 1 is 1.16 bits per heavy atom. The van der Waals surface area contributed by atoms with E-state index in [-0.39, 0.29) is 5.91 Å². The average Bonchev–Trinajstić information content (AvgIpc) is 2.40. The van der Waals surface area contributed by atoms with Crippen LogP contribution in [0, 0.1) is 13.8 Å². The first-order valence-corrected chi connectivity index (χ1v) is 7.08. The highest BCUT2D eigenvalue weighted by molar-refractivity contribution is 7.98. The molecule has 0 spiro atoms. The summed E-state index contributed by atoms with van der Waals surface area (Å²) in [5.41, 5.74) is 3.09. The van der Waals surface area contributed by atoms with Gasteiger partial charge in [0.25, 0.3) is 5.91 Å². The largest absolute Gasteiger partial charge is 0.321 e. The molecule has 1 aromatic heterocycles. The highest BCUT2D eigenvalue weighted by Crippen LogP contribution is 2.13. The molecule has 1 N–H and O–H groups in total. The van der Waals surface area contributed by atoms with Crippen molar-refractivity contribution in [3.8, 4) is 0 Å². The standard InChI is InChI=1S/C14H15N3OS/c1-9-4-6-11(7-5-9)16-13(18)12-8-10(2)15-14(17-12)19-3/h4-8H,1-3H3,(H,16,18). The summed E-state index contributed by atoms with van der Waals surface area (Å²) in [6.07, 6.45) is 1.89. The molecule has 0 fully saturated rings. The molecule has 0 aliphatic rings. The van der Waals surface area contributed by atoms with Crippen molar-refractivity contribution in [2.75, 3.05) is 11.6 Å². The number of hydrogen-bond donors (Lipinski definition) is 1. The van der Waals surface area contributed by atoms with Gasteiger partial charge in [0.2, 0.25) is 0 Å². The Bertz CT molecular complexity index is 596. The number of carbonyl (C=O) groups is 1. The maximum atomic E-state index is 12.1. The monoisotopic (exact) mass is 273 g/mol. The van der Waals surface area contributed by atoms with Gasteiger partial charge in [-0.2, -0.15) is 0 Å². The second-order valence-corrected chi connectivity index (χ2v) is 4.97. The Balaban J connectivity index is 2.20. The average molecular weight is 273 g/mol. The van der Waals surface area contributed by atoms with Crippen molar-refractivity contribution in [1.29, 1.82) is 0 Å². The van der Waals surface area contributed by atoms with Crippen molar-refractivity contribution in [3.63, 3.8) is 0 Å². The van der Waals surface area contributed by atoms with Crippen LogP contribution in [0.2, 0.25) is 0 Å². The first-order valence-electron chi connectivity index (χ1n) is 5.86. The maximum absolute atomic E-state index is 12.1. The molecule has 0 atom stereocenters. The van der Waals surface area contributed by atoms with E-state index < -0.39 is 0 Å². The molecule has 4 nitrogen and oxygen atoms in total. The van der Waals surface area contributed by atoms with Gasteiger partial charge in [-0.15, -0.1) is 0 Å². The van der Waals surface area contributed by atoms with Crippen molar-refractivity contribution < 1.29 is 4.79 Å². The van der Waals surface area contributed by atoms with Crippen LogP contribution in [0.5, 0.6) is 0 Å². The van der Waals surface area contributed by atoms with Crippen LogP contribution in [0.4, 0.5) is 5.69 Å². The van der Waals surface area contributed by atoms with Crippen LogP contribution < -0.4 is 5.32 Å². The van der Waals surface area contributed by atoms with Gasteiger partial charge in [0.1, 0.15) is 5.69 Å². The SMILES string of the molecule is CSc1nc(C)cc(C(=O)Nc2ccc(C)cc2)n1. The smallest absolute Gasteiger partial charge is 0.274 e. The van der Waals surface area contributed by atoms with Crippen LogP contribution in [0.3, 0.4) is 0 Å². The number of carbonyl (C=O) groups excluding carboxylic acids is 1. The molecule has 0 unspecified atom stereocenters. The van der Waals surface area contributed by atoms with Crippen LogP contribution >= 0.6 is 11.8 Å². The summed E-state index contributed by atoms with van der Waals surface area (Å²) in [6.45, 7) is 3.86. The summed E-state index contributed by atoms with van der Waals surface area (Å²) >= 11 is 1.42. The molecule has 0 aliphatic heterocycles. The van der Waals surface area contributed by atoms with Gasteiger partial charge in [-0.25, -0.2) is 9.97 Å². The van der Waals surface area contributed by atoms with E-state index in [4.69, 9.17) is 0 Å². The van der Waals surface area contributed by atoms with E-state index in [1.54, 1.807) is 6.07 Å². The molecule has 1 heterocycles. The number of aryl methyl sites for hydroxylation is 2. The summed E-state index contributed by atoms with van der Waals surface area (Å²) in [4.78, 5) is 20.5. The van der Waals surface area contributed by atoms with Crippen LogP contribution in [0.1, 0.15) is 21.7 Å². The van der Waals surface area contributed by atoms with E-state index in [2.05, 4.69) is 15.3 Å². The Morgan fingerprint density at radius 2 is 1.84 bits per heavy atom. The number of benzene rings is 1. The third kappa shape index (κ3) is 3.54. The van der Waals surface area contributed by atoms with Gasteiger partial charge in [0, 0.05) is 11.4 Å². The number of amides is 1. The van der Waals surface area contributed by atoms with E-state index in [0.29, 0.717) is 10.9 Å². The number of anilines is 1. The minimum atomic E-state index is -0.218. The summed E-state index contributed by atoms with van der Waals surface area (Å²) in [6, 6.07) is 9.33. The topological polar surface area (TPSA) is 54.9 Å². The molecule has 0 bridgehead atoms. The van der Waals surface area contributed by atoms with E-state index in [0.717, 1.165) is 16.9 Å². The van der Waals surface area contributed by atoms with Crippen molar-refractivity contribution in [2.45, 2.75) is 19.0 Å². The Labute approximate surface area is 116 Å². The summed E-state index contributed by atoms with van der Waals surface area (Å²) in [7, 11) is 0. The lowest BCUT2D eigenvalue weighted by molar-refractivity contribution is 0.102. The normalized spacial score (nSPS) is 10.3. The lowest BCUT2D eigenvalue weighted by atomic mass is 10.2. The molecule has 1 aromatic carbocycles. The Morgan fingerprint density at radius 3 is 2.47 bits per heavy atom. The van der Waals surface area contributed by atoms with E-state index in [1.165, 1.54) is 11.8 Å². The van der Waals surface area contributed by atoms with Crippen LogP contribution in [-0.4, -0.2) is 22.1 Å². The first kappa shape index (κ1) is 13.5. The summed E-state index contributed by atoms with van der Waals surface area (Å²) in [5.74, 6) is -0.218. The van der Waals surface area contributed by atoms with E-state index in [9.17, 15) is 4.79 Å². The summed E-state index contributed by atoms with van der Waals surface area (Å²) < 4.78 is 0. The van der Waals surface area contributed by atoms with E-state index >= 15 is 0 Å². The molecular formula is C14H15N3OS. The first-order chi connectivity index (χ1) is 9.08. The van der Waals surface area contributed by atoms with Crippen molar-refractivity contribution in [1.82, 2.24) is 9.97 Å². The maximum Gasteiger partial charge on any atom is 0.274 e. The molecule has 0 radical (unpaired) electrons. The minimum Gasteiger partial charge on any atom is -0.321 e. The highest BCUT2D eigenvalue weighted by atomic mass is 32.2. The van der Waals surface area contributed by atoms with E-state index in [1.807, 2.05) is 44.4 Å². The Kier molecular flexibility index (Phi) is 4.16. The van der Waals surface area contributed by atoms with Crippen molar-refractivity contribution >= 4 is 23.4 Å². The van der Waals surface area contributed by atoms with Gasteiger partial charge in [0.15, 0.2) is 5.16 Å². The highest BCUT2D eigenvalue weighted by Gasteiger charge is 2.10. The van der Waals surface area contributed by atoms with Crippen molar-refractivity contribution in [2.24, 2.45) is 0 Å². The third-order valence-corrected chi connectivity index (χ3v) is 3.11. The van der Waals surface area contributed by atoms with Crippen LogP contribution in [0.15, 0.2) is 35.5 Å². The quantitative estimate of drug-likeness (QED) is 0.689. The lowest BCUT2D eigenvalue weighted by Crippen LogP contribution is -2.14. The molecule has 5 heteroatoms. The van der Waals surface area contributed by atoms with Crippen LogP contribution in [-0.2, 0) is 0 Å². The van der Waals surface area contributed by atoms with Gasteiger partial charge in [-0.05, 0) is 38.3 Å². The number of nitrogens with zero attached hydrogens (tertiary/aromatic N) is 2. The fourth-order valence-electron chi connectivity index (χ4n) is 1.58. The molecule has 1 amide bonds. The number of nitrogens with one attached hydrogen (secondary N) is 1. The predicted molar refractivity (Wildman–Crippen MR) is 77.7 cm³/mol. The molecule has 0 aliphatic carbocycles. The number of aromatic nitrogens is 2. The number of rotatable bonds is 3. The van der Waals surface area contributed by atoms with Gasteiger partial charge < -0.3 is 5.32 Å². The fraction of sp³-hybridized carbons (Fsp3) is 0.214.